The number of rotatable bonds is 4. The van der Waals surface area contributed by atoms with Crippen LogP contribution in [-0.2, 0) is 13.5 Å². The molecule has 0 atom stereocenters. The van der Waals surface area contributed by atoms with Crippen molar-refractivity contribution in [1.82, 2.24) is 15.2 Å². The van der Waals surface area contributed by atoms with Crippen molar-refractivity contribution in [2.24, 2.45) is 12.1 Å². The van der Waals surface area contributed by atoms with Crippen LogP contribution in [0.25, 0.3) is 0 Å². The standard InChI is InChI=1S/C9H14N4O2/c1-6-7(9(15)13(3)12-6)4-5-8(14)11-10-2/h5,11-12,14H,2,4H2,1,3H3/b8-5-. The Labute approximate surface area is 86.9 Å². The summed E-state index contributed by atoms with van der Waals surface area (Å²) in [5.74, 6) is -0.118. The van der Waals surface area contributed by atoms with Crippen LogP contribution >= 0.6 is 0 Å². The Hall–Kier alpha value is -1.98. The lowest BCUT2D eigenvalue weighted by Gasteiger charge is -1.96. The summed E-state index contributed by atoms with van der Waals surface area (Å²) in [6.45, 7) is 4.97. The Balaban J connectivity index is 2.86. The normalized spacial score (nSPS) is 11.5. The fraction of sp³-hybridized carbons (Fsp3) is 0.333. The molecule has 0 amide bonds. The van der Waals surface area contributed by atoms with Crippen molar-refractivity contribution in [2.75, 3.05) is 0 Å². The molecule has 0 spiro atoms. The molecule has 1 aromatic heterocycles. The van der Waals surface area contributed by atoms with Crippen molar-refractivity contribution in [2.45, 2.75) is 13.3 Å². The fourth-order valence-electron chi connectivity index (χ4n) is 1.30. The minimum absolute atomic E-state index is 0.0943. The predicted molar refractivity (Wildman–Crippen MR) is 57.9 cm³/mol. The number of hydrazone groups is 1. The van der Waals surface area contributed by atoms with Crippen LogP contribution in [0.15, 0.2) is 21.9 Å². The van der Waals surface area contributed by atoms with E-state index in [0.717, 1.165) is 5.69 Å². The van der Waals surface area contributed by atoms with Gasteiger partial charge in [0.2, 0.25) is 5.88 Å². The summed E-state index contributed by atoms with van der Waals surface area (Å²) in [5.41, 5.74) is 3.59. The van der Waals surface area contributed by atoms with Crippen LogP contribution in [0.2, 0.25) is 0 Å². The quantitative estimate of drug-likeness (QED) is 0.376. The van der Waals surface area contributed by atoms with Gasteiger partial charge in [-0.3, -0.25) is 14.6 Å². The molecule has 1 rings (SSSR count). The van der Waals surface area contributed by atoms with E-state index in [0.29, 0.717) is 12.0 Å². The van der Waals surface area contributed by atoms with Gasteiger partial charge in [0, 0.05) is 31.4 Å². The number of aromatic nitrogens is 2. The van der Waals surface area contributed by atoms with E-state index >= 15 is 0 Å². The maximum atomic E-state index is 11.5. The smallest absolute Gasteiger partial charge is 0.269 e. The fourth-order valence-corrected chi connectivity index (χ4v) is 1.30. The van der Waals surface area contributed by atoms with Crippen molar-refractivity contribution in [1.29, 1.82) is 0 Å². The van der Waals surface area contributed by atoms with Gasteiger partial charge in [-0.05, 0) is 13.0 Å². The second-order valence-corrected chi connectivity index (χ2v) is 3.14. The van der Waals surface area contributed by atoms with Crippen molar-refractivity contribution >= 4 is 6.72 Å². The number of H-pyrrole nitrogens is 1. The predicted octanol–water partition coefficient (Wildman–Crippen LogP) is 0.169. The van der Waals surface area contributed by atoms with E-state index in [2.05, 4.69) is 22.3 Å². The van der Waals surface area contributed by atoms with Crippen molar-refractivity contribution < 1.29 is 5.11 Å². The maximum Gasteiger partial charge on any atom is 0.269 e. The second kappa shape index (κ2) is 4.50. The lowest BCUT2D eigenvalue weighted by Crippen LogP contribution is -2.15. The summed E-state index contributed by atoms with van der Waals surface area (Å²) >= 11 is 0. The third kappa shape index (κ3) is 2.49. The molecule has 0 aliphatic rings. The molecule has 0 aliphatic heterocycles. The van der Waals surface area contributed by atoms with E-state index in [1.54, 1.807) is 14.0 Å². The van der Waals surface area contributed by atoms with E-state index in [-0.39, 0.29) is 11.4 Å². The molecular formula is C9H14N4O2. The topological polar surface area (TPSA) is 82.4 Å². The largest absolute Gasteiger partial charge is 0.494 e. The molecule has 0 saturated carbocycles. The molecule has 82 valence electrons. The highest BCUT2D eigenvalue weighted by Gasteiger charge is 2.07. The zero-order valence-corrected chi connectivity index (χ0v) is 8.74. The molecule has 0 bridgehead atoms. The molecule has 0 fully saturated rings. The molecule has 6 heteroatoms. The zero-order valence-electron chi connectivity index (χ0n) is 8.74. The lowest BCUT2D eigenvalue weighted by molar-refractivity contribution is 0.366. The number of hydrogen-bond acceptors (Lipinski definition) is 4. The summed E-state index contributed by atoms with van der Waals surface area (Å²) < 4.78 is 1.40. The van der Waals surface area contributed by atoms with Gasteiger partial charge >= 0.3 is 0 Å². The average Bonchev–Trinajstić information content (AvgIpc) is 2.40. The molecule has 1 aromatic rings. The highest BCUT2D eigenvalue weighted by Crippen LogP contribution is 2.01. The van der Waals surface area contributed by atoms with Gasteiger partial charge in [0.1, 0.15) is 0 Å². The van der Waals surface area contributed by atoms with Gasteiger partial charge in [0.05, 0.1) is 0 Å². The molecule has 0 aromatic carbocycles. The van der Waals surface area contributed by atoms with Crippen molar-refractivity contribution in [3.05, 3.63) is 33.6 Å². The first kappa shape index (κ1) is 11.1. The van der Waals surface area contributed by atoms with Gasteiger partial charge in [-0.25, -0.2) is 5.43 Å². The molecule has 0 radical (unpaired) electrons. The summed E-state index contributed by atoms with van der Waals surface area (Å²) in [6.07, 6.45) is 1.81. The Kier molecular flexibility index (Phi) is 3.33. The number of aliphatic hydroxyl groups is 1. The first-order chi connectivity index (χ1) is 7.06. The van der Waals surface area contributed by atoms with Crippen LogP contribution in [0, 0.1) is 6.92 Å². The SMILES string of the molecule is C=NN/C(O)=C/Cc1c(C)[nH]n(C)c1=O. The first-order valence-electron chi connectivity index (χ1n) is 4.41. The van der Waals surface area contributed by atoms with E-state index in [4.69, 9.17) is 0 Å². The van der Waals surface area contributed by atoms with Crippen molar-refractivity contribution in [3.8, 4) is 0 Å². The van der Waals surface area contributed by atoms with E-state index in [9.17, 15) is 9.90 Å². The van der Waals surface area contributed by atoms with Gasteiger partial charge < -0.3 is 5.11 Å². The minimum Gasteiger partial charge on any atom is -0.494 e. The molecule has 15 heavy (non-hydrogen) atoms. The number of aromatic amines is 1. The Morgan fingerprint density at radius 3 is 2.93 bits per heavy atom. The van der Waals surface area contributed by atoms with Crippen LogP contribution in [0.4, 0.5) is 0 Å². The van der Waals surface area contributed by atoms with Gasteiger partial charge in [0.25, 0.3) is 5.56 Å². The summed E-state index contributed by atoms with van der Waals surface area (Å²) in [5, 5.41) is 15.4. The Morgan fingerprint density at radius 1 is 1.80 bits per heavy atom. The number of allylic oxidation sites excluding steroid dienone is 1. The Morgan fingerprint density at radius 2 is 2.47 bits per heavy atom. The number of aliphatic hydroxyl groups excluding tert-OH is 1. The van der Waals surface area contributed by atoms with Gasteiger partial charge in [-0.15, -0.1) is 0 Å². The summed E-state index contributed by atoms with van der Waals surface area (Å²) in [7, 11) is 1.64. The van der Waals surface area contributed by atoms with Gasteiger partial charge in [0.15, 0.2) is 0 Å². The van der Waals surface area contributed by atoms with Crippen LogP contribution in [0.1, 0.15) is 11.3 Å². The monoisotopic (exact) mass is 210 g/mol. The Bertz CT molecular complexity index is 441. The van der Waals surface area contributed by atoms with E-state index in [1.807, 2.05) is 0 Å². The summed E-state index contributed by atoms with van der Waals surface area (Å²) in [4.78, 5) is 11.5. The number of aryl methyl sites for hydroxylation is 2. The number of nitrogens with one attached hydrogen (secondary N) is 2. The van der Waals surface area contributed by atoms with Gasteiger partial charge in [-0.2, -0.15) is 5.10 Å². The lowest BCUT2D eigenvalue weighted by atomic mass is 10.2. The third-order valence-electron chi connectivity index (χ3n) is 2.04. The van der Waals surface area contributed by atoms with Gasteiger partial charge in [-0.1, -0.05) is 0 Å². The summed E-state index contributed by atoms with van der Waals surface area (Å²) in [6, 6.07) is 0. The number of nitrogens with zero attached hydrogens (tertiary/aromatic N) is 2. The minimum atomic E-state index is -0.118. The second-order valence-electron chi connectivity index (χ2n) is 3.14. The highest BCUT2D eigenvalue weighted by molar-refractivity contribution is 5.23. The molecular weight excluding hydrogens is 196 g/mol. The van der Waals surface area contributed by atoms with E-state index < -0.39 is 0 Å². The van der Waals surface area contributed by atoms with E-state index in [1.165, 1.54) is 10.8 Å². The zero-order chi connectivity index (χ0) is 11.4. The highest BCUT2D eigenvalue weighted by atomic mass is 16.3. The number of hydrogen-bond donors (Lipinski definition) is 3. The van der Waals surface area contributed by atoms with Crippen LogP contribution in [0.5, 0.6) is 0 Å². The average molecular weight is 210 g/mol. The van der Waals surface area contributed by atoms with Crippen LogP contribution in [0.3, 0.4) is 0 Å². The maximum absolute atomic E-state index is 11.5. The van der Waals surface area contributed by atoms with Crippen LogP contribution < -0.4 is 11.0 Å². The molecule has 0 aliphatic carbocycles. The molecule has 1 heterocycles. The molecule has 0 saturated heterocycles. The first-order valence-corrected chi connectivity index (χ1v) is 4.41. The molecule has 0 unspecified atom stereocenters. The third-order valence-corrected chi connectivity index (χ3v) is 2.04. The molecule has 3 N–H and O–H groups in total. The van der Waals surface area contributed by atoms with Crippen molar-refractivity contribution in [3.63, 3.8) is 0 Å². The van der Waals surface area contributed by atoms with Crippen LogP contribution in [-0.4, -0.2) is 21.6 Å². The molecule has 6 nitrogen and oxygen atoms in total.